The van der Waals surface area contributed by atoms with Gasteiger partial charge >= 0.3 is 7.60 Å². The Labute approximate surface area is 105 Å². The first-order valence-electron chi connectivity index (χ1n) is 5.22. The fraction of sp³-hybridized carbons (Fsp3) is 0. The topological polar surface area (TPSA) is 59.3 Å². The molecule has 2 aromatic rings. The molecule has 0 aliphatic carbocycles. The number of hydrogen-bond acceptors (Lipinski definition) is 4. The summed E-state index contributed by atoms with van der Waals surface area (Å²) < 4.78 is 22.4. The van der Waals surface area contributed by atoms with Gasteiger partial charge in [0.15, 0.2) is 0 Å². The van der Waals surface area contributed by atoms with Crippen LogP contribution >= 0.6 is 7.60 Å². The monoisotopic (exact) mass is 259 g/mol. The predicted molar refractivity (Wildman–Crippen MR) is 67.4 cm³/mol. The smallest absolute Gasteiger partial charge is 0.406 e. The minimum Gasteiger partial charge on any atom is -0.406 e. The van der Waals surface area contributed by atoms with Gasteiger partial charge in [0, 0.05) is 0 Å². The molecule has 0 aliphatic heterocycles. The molecule has 0 spiro atoms. The number of nitrogens with zero attached hydrogens (tertiary/aromatic N) is 1. The van der Waals surface area contributed by atoms with Crippen LogP contribution in [0.1, 0.15) is 0 Å². The van der Waals surface area contributed by atoms with E-state index in [0.717, 1.165) is 0 Å². The Balaban J connectivity index is 2.17. The zero-order valence-electron chi connectivity index (χ0n) is 9.39. The summed E-state index contributed by atoms with van der Waals surface area (Å²) in [4.78, 5) is 0. The van der Waals surface area contributed by atoms with Crippen molar-refractivity contribution < 1.29 is 13.6 Å². The number of benzene rings is 2. The summed E-state index contributed by atoms with van der Waals surface area (Å²) >= 11 is 0. The first-order chi connectivity index (χ1) is 8.72. The van der Waals surface area contributed by atoms with Gasteiger partial charge in [-0.05, 0) is 24.3 Å². The van der Waals surface area contributed by atoms with Gasteiger partial charge in [-0.1, -0.05) is 36.4 Å². The molecule has 0 atom stereocenters. The minimum atomic E-state index is -3.84. The molecule has 4 nitrogen and oxygen atoms in total. The van der Waals surface area contributed by atoms with Crippen LogP contribution in [-0.2, 0) is 4.57 Å². The predicted octanol–water partition coefficient (Wildman–Crippen LogP) is 3.82. The van der Waals surface area contributed by atoms with Crippen LogP contribution in [0.4, 0.5) is 0 Å². The molecule has 0 saturated carbocycles. The molecule has 18 heavy (non-hydrogen) atoms. The first kappa shape index (κ1) is 12.2. The van der Waals surface area contributed by atoms with Crippen molar-refractivity contribution in [3.63, 3.8) is 0 Å². The molecule has 2 aromatic carbocycles. The van der Waals surface area contributed by atoms with Crippen LogP contribution in [-0.4, -0.2) is 0 Å². The fourth-order valence-corrected chi connectivity index (χ4v) is 2.22. The third-order valence-electron chi connectivity index (χ3n) is 2.06. The van der Waals surface area contributed by atoms with E-state index in [-0.39, 0.29) is 0 Å². The molecule has 5 heteroatoms. The number of nitriles is 1. The molecule has 0 aromatic heterocycles. The maximum absolute atomic E-state index is 12.1. The second kappa shape index (κ2) is 5.39. The lowest BCUT2D eigenvalue weighted by Gasteiger charge is -2.13. The molecular weight excluding hydrogens is 249 g/mol. The van der Waals surface area contributed by atoms with E-state index in [1.54, 1.807) is 66.5 Å². The lowest BCUT2D eigenvalue weighted by molar-refractivity contribution is 0.400. The Morgan fingerprint density at radius 1 is 0.833 bits per heavy atom. The second-order valence-electron chi connectivity index (χ2n) is 3.41. The molecule has 0 fully saturated rings. The Hall–Kier alpha value is -2.24. The van der Waals surface area contributed by atoms with Crippen molar-refractivity contribution in [3.05, 3.63) is 60.7 Å². The van der Waals surface area contributed by atoms with Crippen LogP contribution in [0.2, 0.25) is 0 Å². The normalized spacial score (nSPS) is 10.4. The van der Waals surface area contributed by atoms with Crippen molar-refractivity contribution >= 4 is 7.60 Å². The highest BCUT2D eigenvalue weighted by Gasteiger charge is 2.27. The highest BCUT2D eigenvalue weighted by Crippen LogP contribution is 2.47. The molecule has 0 aliphatic rings. The highest BCUT2D eigenvalue weighted by molar-refractivity contribution is 7.59. The molecular formula is C13H10NO3P. The summed E-state index contributed by atoms with van der Waals surface area (Å²) in [5, 5.41) is 8.94. The number of hydrogen-bond donors (Lipinski definition) is 0. The highest BCUT2D eigenvalue weighted by atomic mass is 31.2. The largest absolute Gasteiger partial charge is 0.535 e. The van der Waals surface area contributed by atoms with E-state index < -0.39 is 7.60 Å². The van der Waals surface area contributed by atoms with Crippen LogP contribution in [0.15, 0.2) is 60.7 Å². The Bertz CT molecular complexity index is 547. The van der Waals surface area contributed by atoms with Gasteiger partial charge in [0.1, 0.15) is 11.5 Å². The zero-order chi connectivity index (χ0) is 12.8. The van der Waals surface area contributed by atoms with Crippen molar-refractivity contribution in [2.24, 2.45) is 0 Å². The molecule has 0 N–H and O–H groups in total. The van der Waals surface area contributed by atoms with Crippen molar-refractivity contribution in [1.82, 2.24) is 0 Å². The quantitative estimate of drug-likeness (QED) is 0.783. The molecule has 2 rings (SSSR count). The standard InChI is InChI=1S/C13H10NO3P/c14-11-18(15,16-12-7-3-1-4-8-12)17-13-9-5-2-6-10-13/h1-10H. The second-order valence-corrected chi connectivity index (χ2v) is 4.97. The summed E-state index contributed by atoms with van der Waals surface area (Å²) in [6.45, 7) is 0. The molecule has 0 heterocycles. The SMILES string of the molecule is N#CP(=O)(Oc1ccccc1)Oc1ccccc1. The average molecular weight is 259 g/mol. The van der Waals surface area contributed by atoms with E-state index >= 15 is 0 Å². The third kappa shape index (κ3) is 3.13. The maximum atomic E-state index is 12.1. The lowest BCUT2D eigenvalue weighted by atomic mass is 10.3. The third-order valence-corrected chi connectivity index (χ3v) is 3.21. The molecule has 0 radical (unpaired) electrons. The van der Waals surface area contributed by atoms with E-state index in [9.17, 15) is 4.57 Å². The molecule has 0 amide bonds. The Morgan fingerprint density at radius 3 is 1.56 bits per heavy atom. The van der Waals surface area contributed by atoms with E-state index in [1.165, 1.54) is 0 Å². The number of rotatable bonds is 4. The molecule has 0 bridgehead atoms. The van der Waals surface area contributed by atoms with Crippen LogP contribution < -0.4 is 9.05 Å². The van der Waals surface area contributed by atoms with Crippen molar-refractivity contribution in [1.29, 1.82) is 5.26 Å². The fourth-order valence-electron chi connectivity index (χ4n) is 1.30. The van der Waals surface area contributed by atoms with Gasteiger partial charge in [-0.25, -0.2) is 4.57 Å². The minimum absolute atomic E-state index is 0.332. The summed E-state index contributed by atoms with van der Waals surface area (Å²) in [5.74, 6) is 2.25. The molecule has 90 valence electrons. The van der Waals surface area contributed by atoms with Gasteiger partial charge in [0.2, 0.25) is 5.81 Å². The van der Waals surface area contributed by atoms with E-state index in [4.69, 9.17) is 14.3 Å². The summed E-state index contributed by atoms with van der Waals surface area (Å²) in [7, 11) is -3.84. The van der Waals surface area contributed by atoms with Crippen LogP contribution in [0.5, 0.6) is 11.5 Å². The van der Waals surface area contributed by atoms with Gasteiger partial charge in [-0.2, -0.15) is 5.26 Å². The van der Waals surface area contributed by atoms with E-state index in [0.29, 0.717) is 11.5 Å². The van der Waals surface area contributed by atoms with Crippen LogP contribution in [0.25, 0.3) is 0 Å². The molecule has 0 unspecified atom stereocenters. The van der Waals surface area contributed by atoms with Gasteiger partial charge in [-0.3, -0.25) is 0 Å². The van der Waals surface area contributed by atoms with Gasteiger partial charge in [0.05, 0.1) is 0 Å². The van der Waals surface area contributed by atoms with Crippen molar-refractivity contribution in [2.75, 3.05) is 0 Å². The van der Waals surface area contributed by atoms with Crippen molar-refractivity contribution in [3.8, 4) is 17.3 Å². The van der Waals surface area contributed by atoms with Gasteiger partial charge in [-0.15, -0.1) is 0 Å². The van der Waals surface area contributed by atoms with E-state index in [2.05, 4.69) is 0 Å². The summed E-state index contributed by atoms with van der Waals surface area (Å²) in [5.41, 5.74) is 0. The van der Waals surface area contributed by atoms with Gasteiger partial charge in [0.25, 0.3) is 0 Å². The van der Waals surface area contributed by atoms with E-state index in [1.807, 2.05) is 0 Å². The molecule has 0 saturated heterocycles. The average Bonchev–Trinajstić information content (AvgIpc) is 2.41. The Morgan fingerprint density at radius 2 is 1.22 bits per heavy atom. The van der Waals surface area contributed by atoms with Crippen molar-refractivity contribution in [2.45, 2.75) is 0 Å². The van der Waals surface area contributed by atoms with Crippen LogP contribution in [0.3, 0.4) is 0 Å². The summed E-state index contributed by atoms with van der Waals surface area (Å²) in [6.07, 6.45) is 0. The maximum Gasteiger partial charge on any atom is 0.535 e. The number of para-hydroxylation sites is 2. The van der Waals surface area contributed by atoms with Gasteiger partial charge < -0.3 is 9.05 Å². The lowest BCUT2D eigenvalue weighted by Crippen LogP contribution is -1.98. The summed E-state index contributed by atoms with van der Waals surface area (Å²) in [6, 6.07) is 16.9. The Kier molecular flexibility index (Phi) is 3.66. The van der Waals surface area contributed by atoms with Crippen LogP contribution in [0, 0.1) is 11.1 Å². The first-order valence-corrected chi connectivity index (χ1v) is 6.77. The zero-order valence-corrected chi connectivity index (χ0v) is 10.3.